The van der Waals surface area contributed by atoms with Crippen LogP contribution in [0.5, 0.6) is 11.5 Å². The van der Waals surface area contributed by atoms with Gasteiger partial charge in [-0.15, -0.1) is 0 Å². The van der Waals surface area contributed by atoms with E-state index in [0.717, 1.165) is 35.1 Å². The molecule has 0 spiro atoms. The van der Waals surface area contributed by atoms with Crippen LogP contribution in [0.2, 0.25) is 0 Å². The summed E-state index contributed by atoms with van der Waals surface area (Å²) in [6, 6.07) is 11.9. The summed E-state index contributed by atoms with van der Waals surface area (Å²) in [5.74, 6) is 1.42. The molecule has 0 bridgehead atoms. The van der Waals surface area contributed by atoms with E-state index in [-0.39, 0.29) is 0 Å². The molecule has 118 valence electrons. The molecule has 0 aliphatic heterocycles. The zero-order chi connectivity index (χ0) is 16.3. The van der Waals surface area contributed by atoms with E-state index in [1.54, 1.807) is 0 Å². The summed E-state index contributed by atoms with van der Waals surface area (Å²) in [5.41, 5.74) is 4.22. The van der Waals surface area contributed by atoms with Gasteiger partial charge >= 0.3 is 0 Å². The highest BCUT2D eigenvalue weighted by atomic mass is 16.3. The fraction of sp³-hybridized carbons (Fsp3) is 0.400. The van der Waals surface area contributed by atoms with Crippen LogP contribution in [-0.2, 0) is 12.8 Å². The SMILES string of the molecule is CC(C)c1ccc(CCc2ccc(C(C)C)c(O)c2)cc1O. The van der Waals surface area contributed by atoms with E-state index in [1.165, 1.54) is 0 Å². The third-order valence-corrected chi connectivity index (χ3v) is 4.14. The van der Waals surface area contributed by atoms with Gasteiger partial charge in [0.15, 0.2) is 0 Å². The molecule has 2 aromatic rings. The van der Waals surface area contributed by atoms with E-state index in [2.05, 4.69) is 39.8 Å². The molecule has 0 aliphatic rings. The Labute approximate surface area is 133 Å². The lowest BCUT2D eigenvalue weighted by molar-refractivity contribution is 0.463. The van der Waals surface area contributed by atoms with Crippen LogP contribution in [0.3, 0.4) is 0 Å². The molecule has 0 saturated carbocycles. The fourth-order valence-electron chi connectivity index (χ4n) is 2.75. The predicted molar refractivity (Wildman–Crippen MR) is 91.8 cm³/mol. The summed E-state index contributed by atoms with van der Waals surface area (Å²) in [6.07, 6.45) is 1.71. The first-order chi connectivity index (χ1) is 10.4. The first kappa shape index (κ1) is 16.4. The van der Waals surface area contributed by atoms with Gasteiger partial charge in [0.25, 0.3) is 0 Å². The van der Waals surface area contributed by atoms with Gasteiger partial charge in [0.1, 0.15) is 11.5 Å². The number of aromatic hydroxyl groups is 2. The molecular weight excluding hydrogens is 272 g/mol. The smallest absolute Gasteiger partial charge is 0.119 e. The van der Waals surface area contributed by atoms with Crippen molar-refractivity contribution >= 4 is 0 Å². The lowest BCUT2D eigenvalue weighted by Gasteiger charge is -2.12. The Balaban J connectivity index is 2.07. The molecule has 2 heteroatoms. The Kier molecular flexibility index (Phi) is 5.12. The van der Waals surface area contributed by atoms with Gasteiger partial charge in [-0.2, -0.15) is 0 Å². The average molecular weight is 298 g/mol. The van der Waals surface area contributed by atoms with Gasteiger partial charge in [-0.3, -0.25) is 0 Å². The fourth-order valence-corrected chi connectivity index (χ4v) is 2.75. The molecule has 0 amide bonds. The van der Waals surface area contributed by atoms with E-state index < -0.39 is 0 Å². The van der Waals surface area contributed by atoms with Crippen molar-refractivity contribution in [2.24, 2.45) is 0 Å². The quantitative estimate of drug-likeness (QED) is 0.803. The second kappa shape index (κ2) is 6.87. The molecule has 2 nitrogen and oxygen atoms in total. The van der Waals surface area contributed by atoms with Gasteiger partial charge < -0.3 is 10.2 Å². The maximum absolute atomic E-state index is 10.1. The number of phenolic OH excluding ortho intramolecular Hbond substituents is 2. The van der Waals surface area contributed by atoms with Gasteiger partial charge in [-0.05, 0) is 59.1 Å². The number of rotatable bonds is 5. The van der Waals surface area contributed by atoms with Crippen LogP contribution in [0.25, 0.3) is 0 Å². The number of aryl methyl sites for hydroxylation is 2. The maximum atomic E-state index is 10.1. The molecule has 2 rings (SSSR count). The molecule has 0 heterocycles. The normalized spacial score (nSPS) is 11.4. The van der Waals surface area contributed by atoms with E-state index in [1.807, 2.05) is 24.3 Å². The van der Waals surface area contributed by atoms with Crippen LogP contribution in [-0.4, -0.2) is 10.2 Å². The van der Waals surface area contributed by atoms with Crippen LogP contribution in [0.4, 0.5) is 0 Å². The highest BCUT2D eigenvalue weighted by Crippen LogP contribution is 2.28. The summed E-state index contributed by atoms with van der Waals surface area (Å²) in [6.45, 7) is 8.31. The van der Waals surface area contributed by atoms with Crippen molar-refractivity contribution in [3.63, 3.8) is 0 Å². The second-order valence-electron chi connectivity index (χ2n) is 6.60. The zero-order valence-electron chi connectivity index (χ0n) is 13.9. The second-order valence-corrected chi connectivity index (χ2v) is 6.60. The Morgan fingerprint density at radius 2 is 1.05 bits per heavy atom. The van der Waals surface area contributed by atoms with Gasteiger partial charge in [-0.25, -0.2) is 0 Å². The highest BCUT2D eigenvalue weighted by Gasteiger charge is 2.08. The molecule has 2 aromatic carbocycles. The first-order valence-corrected chi connectivity index (χ1v) is 8.02. The van der Waals surface area contributed by atoms with Crippen molar-refractivity contribution in [1.29, 1.82) is 0 Å². The van der Waals surface area contributed by atoms with Crippen LogP contribution >= 0.6 is 0 Å². The van der Waals surface area contributed by atoms with Gasteiger partial charge in [-0.1, -0.05) is 52.0 Å². The monoisotopic (exact) mass is 298 g/mol. The summed E-state index contributed by atoms with van der Waals surface area (Å²) in [4.78, 5) is 0. The number of hydrogen-bond acceptors (Lipinski definition) is 2. The summed E-state index contributed by atoms with van der Waals surface area (Å²) < 4.78 is 0. The topological polar surface area (TPSA) is 40.5 Å². The standard InChI is InChI=1S/C20H26O2/c1-13(2)17-9-7-15(11-19(17)21)5-6-16-8-10-18(14(3)4)20(22)12-16/h7-14,21-22H,5-6H2,1-4H3. The summed E-state index contributed by atoms with van der Waals surface area (Å²) in [5, 5.41) is 20.1. The first-order valence-electron chi connectivity index (χ1n) is 8.02. The van der Waals surface area contributed by atoms with Gasteiger partial charge in [0.05, 0.1) is 0 Å². The van der Waals surface area contributed by atoms with Crippen molar-refractivity contribution in [2.45, 2.75) is 52.4 Å². The Hall–Kier alpha value is -1.96. The van der Waals surface area contributed by atoms with Gasteiger partial charge in [0.2, 0.25) is 0 Å². The molecule has 0 unspecified atom stereocenters. The third-order valence-electron chi connectivity index (χ3n) is 4.14. The van der Waals surface area contributed by atoms with Crippen LogP contribution in [0.15, 0.2) is 36.4 Å². The van der Waals surface area contributed by atoms with E-state index in [4.69, 9.17) is 0 Å². The minimum absolute atomic E-state index is 0.328. The molecular formula is C20H26O2. The minimum Gasteiger partial charge on any atom is -0.508 e. The largest absolute Gasteiger partial charge is 0.508 e. The molecule has 2 N–H and O–H groups in total. The molecule has 0 atom stereocenters. The van der Waals surface area contributed by atoms with E-state index in [9.17, 15) is 10.2 Å². The van der Waals surface area contributed by atoms with Crippen LogP contribution in [0.1, 0.15) is 61.8 Å². The number of hydrogen-bond donors (Lipinski definition) is 2. The zero-order valence-corrected chi connectivity index (χ0v) is 13.9. The Bertz CT molecular complexity index is 585. The van der Waals surface area contributed by atoms with Crippen molar-refractivity contribution in [2.75, 3.05) is 0 Å². The summed E-state index contributed by atoms with van der Waals surface area (Å²) in [7, 11) is 0. The average Bonchev–Trinajstić information content (AvgIpc) is 2.44. The maximum Gasteiger partial charge on any atom is 0.119 e. The molecule has 0 aliphatic carbocycles. The minimum atomic E-state index is 0.328. The van der Waals surface area contributed by atoms with Crippen molar-refractivity contribution < 1.29 is 10.2 Å². The summed E-state index contributed by atoms with van der Waals surface area (Å²) >= 11 is 0. The third kappa shape index (κ3) is 3.82. The van der Waals surface area contributed by atoms with Crippen LogP contribution < -0.4 is 0 Å². The van der Waals surface area contributed by atoms with Gasteiger partial charge in [0, 0.05) is 0 Å². The molecule has 0 fully saturated rings. The van der Waals surface area contributed by atoms with E-state index in [0.29, 0.717) is 23.3 Å². The predicted octanol–water partition coefficient (Wildman–Crippen LogP) is 5.13. The Morgan fingerprint density at radius 3 is 1.32 bits per heavy atom. The Morgan fingerprint density at radius 1 is 0.682 bits per heavy atom. The molecule has 0 radical (unpaired) electrons. The van der Waals surface area contributed by atoms with Crippen molar-refractivity contribution in [3.8, 4) is 11.5 Å². The van der Waals surface area contributed by atoms with Crippen molar-refractivity contribution in [1.82, 2.24) is 0 Å². The molecule has 22 heavy (non-hydrogen) atoms. The van der Waals surface area contributed by atoms with E-state index >= 15 is 0 Å². The number of phenols is 2. The van der Waals surface area contributed by atoms with Crippen molar-refractivity contribution in [3.05, 3.63) is 58.7 Å². The van der Waals surface area contributed by atoms with Crippen LogP contribution in [0, 0.1) is 0 Å². The lowest BCUT2D eigenvalue weighted by Crippen LogP contribution is -1.95. The molecule has 0 saturated heterocycles. The molecule has 0 aromatic heterocycles. The lowest BCUT2D eigenvalue weighted by atomic mass is 9.96. The highest BCUT2D eigenvalue weighted by molar-refractivity contribution is 5.40. The number of benzene rings is 2.